The summed E-state index contributed by atoms with van der Waals surface area (Å²) in [6.07, 6.45) is 6.82. The molecule has 1 saturated heterocycles. The Kier molecular flexibility index (Phi) is 5.97. The van der Waals surface area contributed by atoms with E-state index in [-0.39, 0.29) is 5.91 Å². The number of aromatic nitrogens is 4. The molecule has 3 aromatic rings. The van der Waals surface area contributed by atoms with Crippen LogP contribution in [0.15, 0.2) is 49.1 Å². The molecule has 0 unspecified atom stereocenters. The Morgan fingerprint density at radius 2 is 1.71 bits per heavy atom. The zero-order valence-electron chi connectivity index (χ0n) is 18.0. The van der Waals surface area contributed by atoms with Gasteiger partial charge in [-0.15, -0.1) is 0 Å². The molecular formula is C23H26N6O2. The molecule has 1 aliphatic rings. The lowest BCUT2D eigenvalue weighted by Gasteiger charge is -2.35. The lowest BCUT2D eigenvalue weighted by Crippen LogP contribution is -2.48. The highest BCUT2D eigenvalue weighted by atomic mass is 16.5. The molecule has 0 spiro atoms. The van der Waals surface area contributed by atoms with Crippen LogP contribution in [0.5, 0.6) is 5.75 Å². The van der Waals surface area contributed by atoms with Crippen molar-refractivity contribution in [2.45, 2.75) is 13.8 Å². The molecule has 160 valence electrons. The second kappa shape index (κ2) is 8.99. The Morgan fingerprint density at radius 1 is 1.00 bits per heavy atom. The molecule has 0 N–H and O–H groups in total. The maximum absolute atomic E-state index is 12.6. The first-order valence-corrected chi connectivity index (χ1v) is 10.2. The highest BCUT2D eigenvalue weighted by molar-refractivity contribution is 5.92. The highest BCUT2D eigenvalue weighted by Gasteiger charge is 2.21. The Labute approximate surface area is 181 Å². The van der Waals surface area contributed by atoms with Crippen molar-refractivity contribution in [2.75, 3.05) is 38.2 Å². The number of hydrogen-bond acceptors (Lipinski definition) is 6. The molecule has 2 aromatic heterocycles. The number of piperazine rings is 1. The van der Waals surface area contributed by atoms with E-state index in [9.17, 15) is 4.79 Å². The lowest BCUT2D eigenvalue weighted by molar-refractivity contribution is -0.126. The normalized spacial score (nSPS) is 14.3. The van der Waals surface area contributed by atoms with E-state index in [1.54, 1.807) is 25.8 Å². The predicted octanol–water partition coefficient (Wildman–Crippen LogP) is 2.65. The Bertz CT molecular complexity index is 1080. The van der Waals surface area contributed by atoms with Gasteiger partial charge < -0.3 is 14.5 Å². The molecule has 0 radical (unpaired) electrons. The zero-order valence-corrected chi connectivity index (χ0v) is 18.0. The Balaban J connectivity index is 1.37. The third kappa shape index (κ3) is 4.58. The van der Waals surface area contributed by atoms with Gasteiger partial charge in [-0.2, -0.15) is 0 Å². The van der Waals surface area contributed by atoms with Crippen LogP contribution in [-0.2, 0) is 4.79 Å². The van der Waals surface area contributed by atoms with Gasteiger partial charge in [0.25, 0.3) is 0 Å². The number of imidazole rings is 1. The maximum Gasteiger partial charge on any atom is 0.246 e. The second-order valence-corrected chi connectivity index (χ2v) is 7.44. The van der Waals surface area contributed by atoms with Crippen LogP contribution in [0, 0.1) is 13.8 Å². The minimum atomic E-state index is 0.0170. The topological polar surface area (TPSA) is 76.4 Å². The van der Waals surface area contributed by atoms with Crippen molar-refractivity contribution in [1.29, 1.82) is 0 Å². The Hall–Kier alpha value is -3.68. The van der Waals surface area contributed by atoms with Gasteiger partial charge in [-0.25, -0.2) is 15.0 Å². The first kappa shape index (κ1) is 20.6. The summed E-state index contributed by atoms with van der Waals surface area (Å²) in [6, 6.07) is 9.58. The molecule has 8 heteroatoms. The van der Waals surface area contributed by atoms with Gasteiger partial charge >= 0.3 is 0 Å². The summed E-state index contributed by atoms with van der Waals surface area (Å²) in [6.45, 7) is 6.74. The van der Waals surface area contributed by atoms with Crippen LogP contribution in [0.3, 0.4) is 0 Å². The second-order valence-electron chi connectivity index (χ2n) is 7.44. The number of anilines is 1. The van der Waals surface area contributed by atoms with E-state index in [2.05, 4.69) is 19.9 Å². The fraction of sp³-hybridized carbons (Fsp3) is 0.304. The quantitative estimate of drug-likeness (QED) is 0.593. The fourth-order valence-electron chi connectivity index (χ4n) is 3.52. The molecule has 1 amide bonds. The van der Waals surface area contributed by atoms with Crippen molar-refractivity contribution < 1.29 is 9.53 Å². The van der Waals surface area contributed by atoms with Crippen molar-refractivity contribution in [3.8, 4) is 11.6 Å². The van der Waals surface area contributed by atoms with Crippen LogP contribution in [0.1, 0.15) is 17.0 Å². The van der Waals surface area contributed by atoms with Gasteiger partial charge in [0, 0.05) is 44.0 Å². The average Bonchev–Trinajstić information content (AvgIpc) is 3.16. The summed E-state index contributed by atoms with van der Waals surface area (Å²) in [5.41, 5.74) is 3.00. The van der Waals surface area contributed by atoms with E-state index in [4.69, 9.17) is 4.74 Å². The highest BCUT2D eigenvalue weighted by Crippen LogP contribution is 2.18. The van der Waals surface area contributed by atoms with Crippen molar-refractivity contribution in [3.05, 3.63) is 66.0 Å². The molecule has 1 fully saturated rings. The van der Waals surface area contributed by atoms with Crippen LogP contribution >= 0.6 is 0 Å². The number of methoxy groups -OCH3 is 1. The van der Waals surface area contributed by atoms with Crippen LogP contribution in [0.25, 0.3) is 11.9 Å². The predicted molar refractivity (Wildman–Crippen MR) is 119 cm³/mol. The van der Waals surface area contributed by atoms with Crippen LogP contribution in [-0.4, -0.2) is 63.6 Å². The number of ether oxygens (including phenoxy) is 1. The number of hydrogen-bond donors (Lipinski definition) is 0. The molecule has 4 rings (SSSR count). The first-order valence-electron chi connectivity index (χ1n) is 10.2. The summed E-state index contributed by atoms with van der Waals surface area (Å²) in [5, 5.41) is 0. The molecule has 0 saturated carbocycles. The molecule has 1 aliphatic heterocycles. The zero-order chi connectivity index (χ0) is 21.8. The van der Waals surface area contributed by atoms with Crippen LogP contribution < -0.4 is 9.64 Å². The summed E-state index contributed by atoms with van der Waals surface area (Å²) < 4.78 is 7.12. The van der Waals surface area contributed by atoms with Gasteiger partial charge in [0.1, 0.15) is 30.0 Å². The van der Waals surface area contributed by atoms with E-state index in [1.165, 1.54) is 0 Å². The molecule has 0 aliphatic carbocycles. The van der Waals surface area contributed by atoms with Crippen molar-refractivity contribution >= 4 is 17.8 Å². The summed E-state index contributed by atoms with van der Waals surface area (Å²) in [5.74, 6) is 2.47. The van der Waals surface area contributed by atoms with Crippen LogP contribution in [0.2, 0.25) is 0 Å². The molecule has 0 bridgehead atoms. The number of benzene rings is 1. The van der Waals surface area contributed by atoms with Gasteiger partial charge in [-0.1, -0.05) is 12.1 Å². The number of carbonyl (C=O) groups excluding carboxylic acids is 1. The van der Waals surface area contributed by atoms with E-state index < -0.39 is 0 Å². The van der Waals surface area contributed by atoms with E-state index in [1.807, 2.05) is 59.7 Å². The average molecular weight is 419 g/mol. The standard InChI is InChI=1S/C23H26N6O2/c1-17-18(2)29(16-26-17)22-14-21(24-15-25-22)27-10-12-28(13-11-27)23(30)9-6-19-4-7-20(31-3)8-5-19/h4-9,14-16H,10-13H2,1-3H3/b9-6+. The van der Waals surface area contributed by atoms with Crippen LogP contribution in [0.4, 0.5) is 5.82 Å². The molecule has 8 nitrogen and oxygen atoms in total. The fourth-order valence-corrected chi connectivity index (χ4v) is 3.52. The lowest BCUT2D eigenvalue weighted by atomic mass is 10.2. The molecule has 0 atom stereocenters. The van der Waals surface area contributed by atoms with Crippen molar-refractivity contribution in [2.24, 2.45) is 0 Å². The minimum Gasteiger partial charge on any atom is -0.497 e. The third-order valence-corrected chi connectivity index (χ3v) is 5.59. The largest absolute Gasteiger partial charge is 0.497 e. The minimum absolute atomic E-state index is 0.0170. The maximum atomic E-state index is 12.6. The molecule has 1 aromatic carbocycles. The monoisotopic (exact) mass is 418 g/mol. The van der Waals surface area contributed by atoms with Gasteiger partial charge in [0.15, 0.2) is 0 Å². The third-order valence-electron chi connectivity index (χ3n) is 5.59. The summed E-state index contributed by atoms with van der Waals surface area (Å²) in [4.78, 5) is 29.8. The van der Waals surface area contributed by atoms with Gasteiger partial charge in [0.05, 0.1) is 12.8 Å². The van der Waals surface area contributed by atoms with Crippen molar-refractivity contribution in [3.63, 3.8) is 0 Å². The van der Waals surface area contributed by atoms with Gasteiger partial charge in [-0.3, -0.25) is 9.36 Å². The number of amides is 1. The molecule has 3 heterocycles. The SMILES string of the molecule is COc1ccc(/C=C/C(=O)N2CCN(c3cc(-n4cnc(C)c4C)ncn3)CC2)cc1. The molecule has 31 heavy (non-hydrogen) atoms. The smallest absolute Gasteiger partial charge is 0.246 e. The van der Waals surface area contributed by atoms with Crippen molar-refractivity contribution in [1.82, 2.24) is 24.4 Å². The van der Waals surface area contributed by atoms with Gasteiger partial charge in [-0.05, 0) is 37.6 Å². The number of nitrogens with zero attached hydrogens (tertiary/aromatic N) is 6. The van der Waals surface area contributed by atoms with Gasteiger partial charge in [0.2, 0.25) is 5.91 Å². The number of carbonyl (C=O) groups is 1. The summed E-state index contributed by atoms with van der Waals surface area (Å²) >= 11 is 0. The Morgan fingerprint density at radius 3 is 2.35 bits per heavy atom. The summed E-state index contributed by atoms with van der Waals surface area (Å²) in [7, 11) is 1.63. The molecular weight excluding hydrogens is 392 g/mol. The first-order chi connectivity index (χ1) is 15.0. The number of aryl methyl sites for hydroxylation is 1. The van der Waals surface area contributed by atoms with E-state index >= 15 is 0 Å². The van der Waals surface area contributed by atoms with E-state index in [0.717, 1.165) is 47.4 Å². The number of rotatable bonds is 5. The van der Waals surface area contributed by atoms with E-state index in [0.29, 0.717) is 13.1 Å².